The number of rotatable bonds is 7. The average molecular weight is 709 g/mol. The van der Waals surface area contributed by atoms with Crippen LogP contribution in [0.4, 0.5) is 17.1 Å². The van der Waals surface area contributed by atoms with Crippen LogP contribution in [0, 0.1) is 0 Å². The first-order valence-corrected chi connectivity index (χ1v) is 19.8. The number of allylic oxidation sites excluding steroid dienone is 5. The topological polar surface area (TPSA) is 15.3 Å². The van der Waals surface area contributed by atoms with Crippen molar-refractivity contribution in [1.29, 1.82) is 0 Å². The van der Waals surface area contributed by atoms with Gasteiger partial charge in [-0.1, -0.05) is 140 Å². The van der Waals surface area contributed by atoms with E-state index in [1.54, 1.807) is 5.57 Å². The SMILES string of the molecule is CC1=C(CC(C)c2c3ccccc3c(-c3ccccc3)c3ccccc23)CC2=C(C=CCC2)N1c1ccc(Nc2cc3ccccc3c3ccccc23)cc1. The van der Waals surface area contributed by atoms with E-state index >= 15 is 0 Å². The van der Waals surface area contributed by atoms with Crippen LogP contribution in [-0.2, 0) is 0 Å². The Morgan fingerprint density at radius 3 is 1.93 bits per heavy atom. The Morgan fingerprint density at radius 1 is 0.618 bits per heavy atom. The van der Waals surface area contributed by atoms with Crippen LogP contribution in [0.5, 0.6) is 0 Å². The number of anilines is 3. The van der Waals surface area contributed by atoms with Gasteiger partial charge in [-0.25, -0.2) is 0 Å². The highest BCUT2D eigenvalue weighted by molar-refractivity contribution is 6.15. The molecule has 0 saturated carbocycles. The van der Waals surface area contributed by atoms with Gasteiger partial charge in [-0.3, -0.25) is 0 Å². The molecule has 1 atom stereocenters. The third kappa shape index (κ3) is 5.81. The first-order valence-electron chi connectivity index (χ1n) is 19.8. The zero-order valence-electron chi connectivity index (χ0n) is 31.5. The fourth-order valence-corrected chi connectivity index (χ4v) is 9.47. The van der Waals surface area contributed by atoms with Crippen molar-refractivity contribution in [3.8, 4) is 11.1 Å². The molecule has 8 aromatic rings. The predicted octanol–water partition coefficient (Wildman–Crippen LogP) is 15.0. The number of hydrogen-bond acceptors (Lipinski definition) is 2. The van der Waals surface area contributed by atoms with E-state index in [4.69, 9.17) is 0 Å². The third-order valence-electron chi connectivity index (χ3n) is 12.0. The maximum absolute atomic E-state index is 3.78. The van der Waals surface area contributed by atoms with E-state index < -0.39 is 0 Å². The summed E-state index contributed by atoms with van der Waals surface area (Å²) in [6.07, 6.45) is 8.97. The lowest BCUT2D eigenvalue weighted by atomic mass is 9.80. The second-order valence-corrected chi connectivity index (χ2v) is 15.3. The van der Waals surface area contributed by atoms with Gasteiger partial charge in [-0.2, -0.15) is 0 Å². The normalized spacial score (nSPS) is 15.0. The Labute approximate surface area is 323 Å². The van der Waals surface area contributed by atoms with Crippen molar-refractivity contribution in [2.45, 2.75) is 45.4 Å². The lowest BCUT2D eigenvalue weighted by Gasteiger charge is -2.37. The minimum absolute atomic E-state index is 0.330. The molecule has 55 heavy (non-hydrogen) atoms. The summed E-state index contributed by atoms with van der Waals surface area (Å²) in [4.78, 5) is 2.53. The molecule has 0 spiro atoms. The predicted molar refractivity (Wildman–Crippen MR) is 236 cm³/mol. The van der Waals surface area contributed by atoms with Crippen LogP contribution in [0.25, 0.3) is 54.2 Å². The van der Waals surface area contributed by atoms with Gasteiger partial charge in [0, 0.05) is 33.8 Å². The fourth-order valence-electron chi connectivity index (χ4n) is 9.47. The Bertz CT molecular complexity index is 2800. The van der Waals surface area contributed by atoms with Crippen molar-refractivity contribution in [2.24, 2.45) is 0 Å². The van der Waals surface area contributed by atoms with Crippen LogP contribution in [0.2, 0.25) is 0 Å². The van der Waals surface area contributed by atoms with Crippen LogP contribution in [0.1, 0.15) is 51.0 Å². The van der Waals surface area contributed by atoms with Crippen LogP contribution in [0.3, 0.4) is 0 Å². The molecule has 10 rings (SSSR count). The monoisotopic (exact) mass is 708 g/mol. The lowest BCUT2D eigenvalue weighted by Crippen LogP contribution is -2.27. The number of benzene rings is 8. The van der Waals surface area contributed by atoms with Crippen molar-refractivity contribution < 1.29 is 0 Å². The Balaban J connectivity index is 1.01. The van der Waals surface area contributed by atoms with Crippen molar-refractivity contribution in [2.75, 3.05) is 10.2 Å². The first-order chi connectivity index (χ1) is 27.1. The molecule has 1 unspecified atom stereocenters. The molecule has 0 fully saturated rings. The van der Waals surface area contributed by atoms with E-state index in [1.807, 2.05) is 0 Å². The number of hydrogen-bond donors (Lipinski definition) is 1. The summed E-state index contributed by atoms with van der Waals surface area (Å²) in [5, 5.41) is 14.2. The average Bonchev–Trinajstić information content (AvgIpc) is 3.24. The molecule has 1 heterocycles. The molecule has 0 radical (unpaired) electrons. The number of nitrogens with zero attached hydrogens (tertiary/aromatic N) is 1. The number of fused-ring (bicyclic) bond motifs is 5. The molecule has 2 nitrogen and oxygen atoms in total. The van der Waals surface area contributed by atoms with Gasteiger partial charge in [0.15, 0.2) is 0 Å². The van der Waals surface area contributed by atoms with E-state index in [0.29, 0.717) is 5.92 Å². The van der Waals surface area contributed by atoms with E-state index in [9.17, 15) is 0 Å². The summed E-state index contributed by atoms with van der Waals surface area (Å²) in [5.74, 6) is 0.330. The van der Waals surface area contributed by atoms with Gasteiger partial charge in [0.05, 0.1) is 0 Å². The van der Waals surface area contributed by atoms with Gasteiger partial charge in [0.1, 0.15) is 0 Å². The zero-order valence-corrected chi connectivity index (χ0v) is 31.5. The molecule has 0 saturated heterocycles. The van der Waals surface area contributed by atoms with E-state index in [0.717, 1.165) is 37.1 Å². The summed E-state index contributed by atoms with van der Waals surface area (Å²) in [6.45, 7) is 4.79. The summed E-state index contributed by atoms with van der Waals surface area (Å²) in [5.41, 5.74) is 13.3. The molecule has 2 heteroatoms. The van der Waals surface area contributed by atoms with E-state index in [2.05, 4.69) is 194 Å². The van der Waals surface area contributed by atoms with Gasteiger partial charge < -0.3 is 10.2 Å². The van der Waals surface area contributed by atoms with Crippen molar-refractivity contribution >= 4 is 60.2 Å². The lowest BCUT2D eigenvalue weighted by molar-refractivity contribution is 0.707. The van der Waals surface area contributed by atoms with Crippen LogP contribution >= 0.6 is 0 Å². The second kappa shape index (κ2) is 13.8. The van der Waals surface area contributed by atoms with Crippen LogP contribution < -0.4 is 10.2 Å². The zero-order chi connectivity index (χ0) is 36.9. The Hall–Kier alpha value is -6.38. The molecule has 0 amide bonds. The molecular weight excluding hydrogens is 665 g/mol. The molecule has 2 aliphatic rings. The fraction of sp³-hybridized carbons (Fsp3) is 0.132. The molecule has 0 bridgehead atoms. The van der Waals surface area contributed by atoms with Crippen LogP contribution in [0.15, 0.2) is 192 Å². The van der Waals surface area contributed by atoms with E-state index in [1.165, 1.54) is 82.4 Å². The smallest absolute Gasteiger partial charge is 0.0470 e. The highest BCUT2D eigenvalue weighted by atomic mass is 15.2. The molecule has 1 aliphatic carbocycles. The molecular formula is C53H44N2. The summed E-state index contributed by atoms with van der Waals surface area (Å²) in [7, 11) is 0. The van der Waals surface area contributed by atoms with Gasteiger partial charge in [0.25, 0.3) is 0 Å². The molecule has 266 valence electrons. The maximum Gasteiger partial charge on any atom is 0.0470 e. The largest absolute Gasteiger partial charge is 0.355 e. The van der Waals surface area contributed by atoms with Crippen molar-refractivity contribution in [3.05, 3.63) is 198 Å². The first kappa shape index (κ1) is 33.2. The summed E-state index contributed by atoms with van der Waals surface area (Å²) < 4.78 is 0. The highest BCUT2D eigenvalue weighted by Gasteiger charge is 2.28. The van der Waals surface area contributed by atoms with Gasteiger partial charge in [0.2, 0.25) is 0 Å². The number of nitrogens with one attached hydrogen (secondary N) is 1. The van der Waals surface area contributed by atoms with Gasteiger partial charge in [-0.15, -0.1) is 0 Å². The molecule has 1 aliphatic heterocycles. The third-order valence-corrected chi connectivity index (χ3v) is 12.0. The Morgan fingerprint density at radius 2 is 1.22 bits per heavy atom. The molecule has 8 aromatic carbocycles. The van der Waals surface area contributed by atoms with Gasteiger partial charge >= 0.3 is 0 Å². The van der Waals surface area contributed by atoms with Crippen molar-refractivity contribution in [3.63, 3.8) is 0 Å². The quantitative estimate of drug-likeness (QED) is 0.131. The summed E-state index contributed by atoms with van der Waals surface area (Å²) in [6, 6.07) is 57.7. The minimum atomic E-state index is 0.330. The standard InChI is InChI=1S/C53H44N2/c1-35(52-46-23-11-13-25-48(46)53(37-16-4-3-5-17-37)49-26-14-12-24-47(49)52)32-40-33-39-19-7-15-27-51(39)55(36(40)2)42-30-28-41(29-31-42)54-50-34-38-18-6-8-20-43(38)44-21-9-10-22-45(44)50/h3-6,8-18,20-31,34-35,54H,7,19,32-33H2,1-2H3. The maximum atomic E-state index is 3.78. The molecule has 1 N–H and O–H groups in total. The second-order valence-electron chi connectivity index (χ2n) is 15.3. The highest BCUT2D eigenvalue weighted by Crippen LogP contribution is 2.46. The van der Waals surface area contributed by atoms with Gasteiger partial charge in [-0.05, 0) is 140 Å². The summed E-state index contributed by atoms with van der Waals surface area (Å²) >= 11 is 0. The van der Waals surface area contributed by atoms with Crippen LogP contribution in [-0.4, -0.2) is 0 Å². The minimum Gasteiger partial charge on any atom is -0.355 e. The van der Waals surface area contributed by atoms with Crippen molar-refractivity contribution in [1.82, 2.24) is 0 Å². The van der Waals surface area contributed by atoms with E-state index in [-0.39, 0.29) is 0 Å². The Kier molecular flexibility index (Phi) is 8.33. The molecule has 0 aromatic heterocycles.